The quantitative estimate of drug-likeness (QED) is 0.668. The van der Waals surface area contributed by atoms with E-state index in [9.17, 15) is 16.8 Å². The molecule has 1 saturated heterocycles. The van der Waals surface area contributed by atoms with Crippen LogP contribution >= 0.6 is 22.9 Å². The second kappa shape index (κ2) is 8.71. The van der Waals surface area contributed by atoms with E-state index in [2.05, 4.69) is 9.71 Å². The van der Waals surface area contributed by atoms with Gasteiger partial charge in [-0.2, -0.15) is 4.31 Å². The van der Waals surface area contributed by atoms with Crippen molar-refractivity contribution in [2.45, 2.75) is 40.8 Å². The number of nitrogens with one attached hydrogen (secondary N) is 1. The van der Waals surface area contributed by atoms with Crippen LogP contribution in [0.4, 0.5) is 5.82 Å². The highest BCUT2D eigenvalue weighted by Gasteiger charge is 2.30. The number of aromatic nitrogens is 1. The van der Waals surface area contributed by atoms with Gasteiger partial charge in [0.05, 0.1) is 4.34 Å². The fourth-order valence-electron chi connectivity index (χ4n) is 3.77. The van der Waals surface area contributed by atoms with Crippen LogP contribution in [0, 0.1) is 0 Å². The Morgan fingerprint density at radius 1 is 1.00 bits per heavy atom. The Labute approximate surface area is 186 Å². The molecule has 0 aromatic carbocycles. The van der Waals surface area contributed by atoms with Crippen molar-refractivity contribution >= 4 is 48.8 Å². The Bertz CT molecular complexity index is 1090. The molecular weight excluding hydrogens is 468 g/mol. The molecule has 1 saturated carbocycles. The molecule has 0 atom stereocenters. The van der Waals surface area contributed by atoms with Crippen LogP contribution in [-0.4, -0.2) is 58.3 Å². The Kier molecular flexibility index (Phi) is 6.38. The van der Waals surface area contributed by atoms with Crippen molar-refractivity contribution in [1.29, 1.82) is 0 Å². The number of halogens is 1. The fourth-order valence-corrected chi connectivity index (χ4v) is 8.08. The van der Waals surface area contributed by atoms with E-state index in [1.807, 2.05) is 4.90 Å². The average molecular weight is 491 g/mol. The summed E-state index contributed by atoms with van der Waals surface area (Å²) in [6.45, 7) is 1.58. The number of thiophene rings is 1. The van der Waals surface area contributed by atoms with Crippen LogP contribution in [0.15, 0.2) is 39.6 Å². The zero-order valence-corrected chi connectivity index (χ0v) is 19.4. The molecular formula is C18H23ClN4O4S3. The van der Waals surface area contributed by atoms with E-state index in [1.165, 1.54) is 16.6 Å². The smallest absolute Gasteiger partial charge is 0.252 e. The number of hydrogen-bond acceptors (Lipinski definition) is 7. The molecule has 1 aliphatic carbocycles. The summed E-state index contributed by atoms with van der Waals surface area (Å²) in [6, 6.07) is 6.33. The summed E-state index contributed by atoms with van der Waals surface area (Å²) < 4.78 is 55.3. The van der Waals surface area contributed by atoms with E-state index in [-0.39, 0.29) is 15.1 Å². The van der Waals surface area contributed by atoms with E-state index in [1.54, 1.807) is 18.2 Å². The van der Waals surface area contributed by atoms with Gasteiger partial charge in [-0.25, -0.2) is 26.5 Å². The highest BCUT2D eigenvalue weighted by Crippen LogP contribution is 2.29. The van der Waals surface area contributed by atoms with E-state index in [0.717, 1.165) is 37.0 Å². The molecule has 30 heavy (non-hydrogen) atoms. The summed E-state index contributed by atoms with van der Waals surface area (Å²) in [5.41, 5.74) is 0. The molecule has 2 aliphatic rings. The van der Waals surface area contributed by atoms with Crippen molar-refractivity contribution < 1.29 is 16.8 Å². The Balaban J connectivity index is 1.39. The molecule has 2 aromatic heterocycles. The minimum Gasteiger partial charge on any atom is -0.354 e. The van der Waals surface area contributed by atoms with Gasteiger partial charge in [-0.1, -0.05) is 24.4 Å². The second-order valence-corrected chi connectivity index (χ2v) is 13.0. The first kappa shape index (κ1) is 22.0. The molecule has 0 unspecified atom stereocenters. The maximum absolute atomic E-state index is 12.7. The van der Waals surface area contributed by atoms with Gasteiger partial charge in [-0.15, -0.1) is 11.3 Å². The van der Waals surface area contributed by atoms with Crippen molar-refractivity contribution in [2.24, 2.45) is 0 Å². The van der Waals surface area contributed by atoms with Gasteiger partial charge < -0.3 is 4.90 Å². The summed E-state index contributed by atoms with van der Waals surface area (Å²) >= 11 is 6.92. The predicted molar refractivity (Wildman–Crippen MR) is 117 cm³/mol. The lowest BCUT2D eigenvalue weighted by molar-refractivity contribution is 0.384. The van der Waals surface area contributed by atoms with Crippen LogP contribution in [0.1, 0.15) is 25.7 Å². The zero-order chi connectivity index (χ0) is 21.4. The molecule has 0 amide bonds. The van der Waals surface area contributed by atoms with Crippen LogP contribution in [0.3, 0.4) is 0 Å². The van der Waals surface area contributed by atoms with Crippen molar-refractivity contribution in [2.75, 3.05) is 31.1 Å². The first-order valence-electron chi connectivity index (χ1n) is 9.74. The lowest BCUT2D eigenvalue weighted by Crippen LogP contribution is -2.48. The maximum Gasteiger partial charge on any atom is 0.252 e. The van der Waals surface area contributed by atoms with Gasteiger partial charge in [0.1, 0.15) is 14.9 Å². The molecule has 8 nitrogen and oxygen atoms in total. The van der Waals surface area contributed by atoms with Gasteiger partial charge in [-0.3, -0.25) is 0 Å². The normalized spacial score (nSPS) is 19.4. The number of nitrogens with zero attached hydrogens (tertiary/aromatic N) is 3. The molecule has 0 bridgehead atoms. The van der Waals surface area contributed by atoms with Crippen molar-refractivity contribution in [3.8, 4) is 0 Å². The molecule has 164 valence electrons. The number of piperazine rings is 1. The van der Waals surface area contributed by atoms with Gasteiger partial charge in [0, 0.05) is 38.4 Å². The fraction of sp³-hybridized carbons (Fsp3) is 0.500. The summed E-state index contributed by atoms with van der Waals surface area (Å²) in [6.07, 6.45) is 5.20. The minimum atomic E-state index is -3.58. The summed E-state index contributed by atoms with van der Waals surface area (Å²) in [4.78, 5) is 6.42. The lowest BCUT2D eigenvalue weighted by atomic mass is 10.3. The van der Waals surface area contributed by atoms with Gasteiger partial charge in [0.15, 0.2) is 0 Å². The minimum absolute atomic E-state index is 0.00271. The van der Waals surface area contributed by atoms with Crippen LogP contribution in [0.5, 0.6) is 0 Å². The average Bonchev–Trinajstić information content (AvgIpc) is 3.40. The largest absolute Gasteiger partial charge is 0.354 e. The van der Waals surface area contributed by atoms with Gasteiger partial charge in [0.25, 0.3) is 10.0 Å². The van der Waals surface area contributed by atoms with Crippen LogP contribution in [-0.2, 0) is 20.0 Å². The molecule has 4 rings (SSSR count). The molecule has 3 heterocycles. The van der Waals surface area contributed by atoms with Crippen LogP contribution < -0.4 is 9.62 Å². The Morgan fingerprint density at radius 3 is 2.27 bits per heavy atom. The molecule has 12 heteroatoms. The number of anilines is 1. The van der Waals surface area contributed by atoms with Crippen molar-refractivity contribution in [1.82, 2.24) is 14.0 Å². The SMILES string of the molecule is O=S(=O)(NC1CCCC1)c1ccc(N2CCN(S(=O)(=O)c3ccc(Cl)s3)CC2)nc1. The molecule has 1 aliphatic heterocycles. The van der Waals surface area contributed by atoms with E-state index in [4.69, 9.17) is 11.6 Å². The third kappa shape index (κ3) is 4.66. The topological polar surface area (TPSA) is 99.7 Å². The standard InChI is InChI=1S/C18H23ClN4O4S3/c19-16-6-8-18(28-16)30(26,27)23-11-9-22(10-12-23)17-7-5-15(13-20-17)29(24,25)21-14-3-1-2-4-14/h5-8,13-14,21H,1-4,9-12H2. The second-order valence-electron chi connectivity index (χ2n) is 7.40. The van der Waals surface area contributed by atoms with Crippen LogP contribution in [0.25, 0.3) is 0 Å². The lowest BCUT2D eigenvalue weighted by Gasteiger charge is -2.34. The van der Waals surface area contributed by atoms with E-state index in [0.29, 0.717) is 36.3 Å². The third-order valence-electron chi connectivity index (χ3n) is 5.41. The zero-order valence-electron chi connectivity index (χ0n) is 16.2. The number of rotatable bonds is 6. The summed E-state index contributed by atoms with van der Waals surface area (Å²) in [7, 11) is -7.13. The number of sulfonamides is 2. The van der Waals surface area contributed by atoms with E-state index >= 15 is 0 Å². The summed E-state index contributed by atoms with van der Waals surface area (Å²) in [5, 5.41) is 0. The van der Waals surface area contributed by atoms with E-state index < -0.39 is 20.0 Å². The molecule has 1 N–H and O–H groups in total. The summed E-state index contributed by atoms with van der Waals surface area (Å²) in [5.74, 6) is 0.631. The molecule has 2 aromatic rings. The van der Waals surface area contributed by atoms with Gasteiger partial charge in [0.2, 0.25) is 10.0 Å². The molecule has 0 spiro atoms. The molecule has 0 radical (unpaired) electrons. The first-order valence-corrected chi connectivity index (χ1v) is 13.9. The Morgan fingerprint density at radius 2 is 1.70 bits per heavy atom. The monoisotopic (exact) mass is 490 g/mol. The third-order valence-corrected chi connectivity index (χ3v) is 10.5. The van der Waals surface area contributed by atoms with Crippen molar-refractivity contribution in [3.05, 3.63) is 34.8 Å². The predicted octanol–water partition coefficient (Wildman–Crippen LogP) is 2.53. The van der Waals surface area contributed by atoms with Crippen molar-refractivity contribution in [3.63, 3.8) is 0 Å². The maximum atomic E-state index is 12.7. The highest BCUT2D eigenvalue weighted by molar-refractivity contribution is 7.91. The van der Waals surface area contributed by atoms with Gasteiger partial charge >= 0.3 is 0 Å². The van der Waals surface area contributed by atoms with Crippen LogP contribution in [0.2, 0.25) is 4.34 Å². The number of pyridine rings is 1. The molecule has 2 fully saturated rings. The Hall–Kier alpha value is -1.24. The first-order chi connectivity index (χ1) is 14.3. The number of hydrogen-bond donors (Lipinski definition) is 1. The van der Waals surface area contributed by atoms with Gasteiger partial charge in [-0.05, 0) is 37.1 Å². The highest BCUT2D eigenvalue weighted by atomic mass is 35.5.